The van der Waals surface area contributed by atoms with Gasteiger partial charge in [-0.15, -0.1) is 11.8 Å². The van der Waals surface area contributed by atoms with Gasteiger partial charge in [0.1, 0.15) is 10.3 Å². The van der Waals surface area contributed by atoms with E-state index in [1.165, 1.54) is 18.9 Å². The van der Waals surface area contributed by atoms with E-state index in [9.17, 15) is 9.59 Å². The molecule has 1 fully saturated rings. The van der Waals surface area contributed by atoms with Crippen LogP contribution in [0.25, 0.3) is 0 Å². The van der Waals surface area contributed by atoms with E-state index in [1.807, 2.05) is 27.0 Å². The normalized spacial score (nSPS) is 26.9. The third kappa shape index (κ3) is 4.30. The molecule has 6 heteroatoms. The molecule has 1 saturated carbocycles. The first-order valence-electron chi connectivity index (χ1n) is 6.35. The van der Waals surface area contributed by atoms with Crippen molar-refractivity contribution in [1.29, 1.82) is 0 Å². The quantitative estimate of drug-likeness (QED) is 0.808. The van der Waals surface area contributed by atoms with E-state index in [-0.39, 0.29) is 12.0 Å². The maximum absolute atomic E-state index is 11.8. The molecule has 2 unspecified atom stereocenters. The number of carbonyl (C=O) groups excluding carboxylic acids is 2. The number of rotatable bonds is 3. The van der Waals surface area contributed by atoms with Gasteiger partial charge in [0.2, 0.25) is 0 Å². The fourth-order valence-corrected chi connectivity index (χ4v) is 3.19. The van der Waals surface area contributed by atoms with Crippen LogP contribution in [-0.2, 0) is 14.3 Å². The van der Waals surface area contributed by atoms with Crippen LogP contribution in [0.2, 0.25) is 0 Å². The zero-order valence-corrected chi connectivity index (χ0v) is 13.1. The predicted molar refractivity (Wildman–Crippen MR) is 75.3 cm³/mol. The Bertz CT molecular complexity index is 353. The Balaban J connectivity index is 2.56. The molecule has 0 radical (unpaired) electrons. The molecule has 1 aliphatic rings. The van der Waals surface area contributed by atoms with Crippen molar-refractivity contribution in [3.63, 3.8) is 0 Å². The average molecular weight is 289 g/mol. The molecule has 2 atom stereocenters. The maximum Gasteiger partial charge on any atom is 0.407 e. The van der Waals surface area contributed by atoms with Gasteiger partial charge < -0.3 is 14.8 Å². The van der Waals surface area contributed by atoms with Gasteiger partial charge in [0.15, 0.2) is 0 Å². The molecule has 1 aliphatic carbocycles. The van der Waals surface area contributed by atoms with Crippen LogP contribution in [0.3, 0.4) is 0 Å². The van der Waals surface area contributed by atoms with E-state index in [0.717, 1.165) is 6.42 Å². The van der Waals surface area contributed by atoms with Crippen LogP contribution >= 0.6 is 11.8 Å². The number of methoxy groups -OCH3 is 1. The van der Waals surface area contributed by atoms with E-state index >= 15 is 0 Å². The Morgan fingerprint density at radius 1 is 1.37 bits per heavy atom. The first kappa shape index (κ1) is 16.1. The van der Waals surface area contributed by atoms with Crippen LogP contribution in [0.5, 0.6) is 0 Å². The molecule has 0 aromatic heterocycles. The largest absolute Gasteiger partial charge is 0.468 e. The van der Waals surface area contributed by atoms with Crippen molar-refractivity contribution in [3.8, 4) is 0 Å². The fraction of sp³-hybridized carbons (Fsp3) is 0.846. The van der Waals surface area contributed by atoms with Gasteiger partial charge >= 0.3 is 12.1 Å². The molecule has 110 valence electrons. The molecular formula is C13H23NO4S. The SMILES string of the molecule is COC(=O)C1(SC)CCC(NC(=O)OC(C)(C)C)C1. The summed E-state index contributed by atoms with van der Waals surface area (Å²) in [6.45, 7) is 5.46. The lowest BCUT2D eigenvalue weighted by atomic mass is 10.1. The lowest BCUT2D eigenvalue weighted by Crippen LogP contribution is -2.40. The molecule has 0 saturated heterocycles. The highest BCUT2D eigenvalue weighted by molar-refractivity contribution is 8.00. The fourth-order valence-electron chi connectivity index (χ4n) is 2.25. The first-order valence-corrected chi connectivity index (χ1v) is 7.58. The van der Waals surface area contributed by atoms with Gasteiger partial charge in [-0.3, -0.25) is 4.79 Å². The second-order valence-corrected chi connectivity index (χ2v) is 6.97. The Morgan fingerprint density at radius 3 is 2.47 bits per heavy atom. The van der Waals surface area contributed by atoms with Crippen molar-refractivity contribution >= 4 is 23.8 Å². The summed E-state index contributed by atoms with van der Waals surface area (Å²) in [7, 11) is 1.40. The number of carbonyl (C=O) groups is 2. The van der Waals surface area contributed by atoms with Gasteiger partial charge in [-0.2, -0.15) is 0 Å². The highest BCUT2D eigenvalue weighted by Crippen LogP contribution is 2.41. The molecule has 1 N–H and O–H groups in total. The standard InChI is InChI=1S/C13H23NO4S/c1-12(2,3)18-11(16)14-9-6-7-13(8-9,19-5)10(15)17-4/h9H,6-8H2,1-5H3,(H,14,16). The van der Waals surface area contributed by atoms with Crippen molar-refractivity contribution in [2.45, 2.75) is 56.4 Å². The minimum atomic E-state index is -0.533. The number of alkyl carbamates (subject to hydrolysis) is 1. The van der Waals surface area contributed by atoms with Crippen molar-refractivity contribution in [2.24, 2.45) is 0 Å². The number of hydrogen-bond donors (Lipinski definition) is 1. The van der Waals surface area contributed by atoms with Crippen molar-refractivity contribution in [2.75, 3.05) is 13.4 Å². The zero-order valence-electron chi connectivity index (χ0n) is 12.2. The molecule has 0 heterocycles. The van der Waals surface area contributed by atoms with Crippen molar-refractivity contribution in [1.82, 2.24) is 5.32 Å². The molecule has 19 heavy (non-hydrogen) atoms. The minimum absolute atomic E-state index is 0.0404. The van der Waals surface area contributed by atoms with Crippen molar-refractivity contribution in [3.05, 3.63) is 0 Å². The number of amides is 1. The van der Waals surface area contributed by atoms with Gasteiger partial charge in [0, 0.05) is 6.04 Å². The summed E-state index contributed by atoms with van der Waals surface area (Å²) >= 11 is 1.49. The van der Waals surface area contributed by atoms with Crippen LogP contribution < -0.4 is 5.32 Å². The molecular weight excluding hydrogens is 266 g/mol. The van der Waals surface area contributed by atoms with Crippen LogP contribution in [-0.4, -0.2) is 41.8 Å². The lowest BCUT2D eigenvalue weighted by molar-refractivity contribution is -0.143. The van der Waals surface area contributed by atoms with Gasteiger partial charge in [-0.25, -0.2) is 4.79 Å². The number of nitrogens with one attached hydrogen (secondary N) is 1. The van der Waals surface area contributed by atoms with E-state index in [0.29, 0.717) is 12.8 Å². The number of hydrogen-bond acceptors (Lipinski definition) is 5. The Labute approximate surface area is 118 Å². The van der Waals surface area contributed by atoms with Gasteiger partial charge in [-0.1, -0.05) is 0 Å². The smallest absolute Gasteiger partial charge is 0.407 e. The molecule has 1 rings (SSSR count). The minimum Gasteiger partial charge on any atom is -0.468 e. The molecule has 0 aliphatic heterocycles. The van der Waals surface area contributed by atoms with E-state index in [4.69, 9.17) is 9.47 Å². The molecule has 5 nitrogen and oxygen atoms in total. The molecule has 1 amide bonds. The van der Waals surface area contributed by atoms with Crippen LogP contribution in [0.15, 0.2) is 0 Å². The van der Waals surface area contributed by atoms with Crippen LogP contribution in [0.1, 0.15) is 40.0 Å². The van der Waals surface area contributed by atoms with Gasteiger partial charge in [0.25, 0.3) is 0 Å². The Morgan fingerprint density at radius 2 is 2.00 bits per heavy atom. The third-order valence-electron chi connectivity index (χ3n) is 3.14. The predicted octanol–water partition coefficient (Wildman–Crippen LogP) is 2.34. The van der Waals surface area contributed by atoms with Crippen molar-refractivity contribution < 1.29 is 19.1 Å². The van der Waals surface area contributed by atoms with Gasteiger partial charge in [0.05, 0.1) is 7.11 Å². The number of thioether (sulfide) groups is 1. The third-order valence-corrected chi connectivity index (χ3v) is 4.46. The number of esters is 1. The van der Waals surface area contributed by atoms with Crippen LogP contribution in [0.4, 0.5) is 4.79 Å². The Hall–Kier alpha value is -0.910. The highest BCUT2D eigenvalue weighted by atomic mass is 32.2. The summed E-state index contributed by atoms with van der Waals surface area (Å²) in [5.41, 5.74) is -0.512. The topological polar surface area (TPSA) is 64.6 Å². The summed E-state index contributed by atoms with van der Waals surface area (Å²) in [4.78, 5) is 23.5. The second-order valence-electron chi connectivity index (χ2n) is 5.78. The maximum atomic E-state index is 11.8. The zero-order chi connectivity index (χ0) is 14.7. The number of ether oxygens (including phenoxy) is 2. The highest BCUT2D eigenvalue weighted by Gasteiger charge is 2.46. The summed E-state index contributed by atoms with van der Waals surface area (Å²) < 4.78 is 9.54. The molecule has 0 aromatic carbocycles. The second kappa shape index (κ2) is 6.03. The van der Waals surface area contributed by atoms with Crippen LogP contribution in [0, 0.1) is 0 Å². The summed E-state index contributed by atoms with van der Waals surface area (Å²) in [5.74, 6) is -0.214. The Kier molecular flexibility index (Phi) is 5.12. The summed E-state index contributed by atoms with van der Waals surface area (Å²) in [6, 6.07) is -0.0404. The molecule has 0 spiro atoms. The van der Waals surface area contributed by atoms with Gasteiger partial charge in [-0.05, 0) is 46.3 Å². The first-order chi connectivity index (χ1) is 8.72. The summed E-state index contributed by atoms with van der Waals surface area (Å²) in [6.07, 6.45) is 3.52. The lowest BCUT2D eigenvalue weighted by Gasteiger charge is -2.25. The summed E-state index contributed by atoms with van der Waals surface area (Å²) in [5, 5.41) is 2.82. The van der Waals surface area contributed by atoms with E-state index < -0.39 is 16.4 Å². The molecule has 0 aromatic rings. The van der Waals surface area contributed by atoms with E-state index in [1.54, 1.807) is 0 Å². The van der Waals surface area contributed by atoms with E-state index in [2.05, 4.69) is 5.32 Å². The molecule has 0 bridgehead atoms. The monoisotopic (exact) mass is 289 g/mol. The average Bonchev–Trinajstić information content (AvgIpc) is 2.70.